The maximum Gasteiger partial charge on any atom is 0.254 e. The number of hydrogen-bond acceptors (Lipinski definition) is 4. The van der Waals surface area contributed by atoms with E-state index >= 15 is 0 Å². The molecule has 26 heavy (non-hydrogen) atoms. The van der Waals surface area contributed by atoms with Gasteiger partial charge in [0.1, 0.15) is 0 Å². The van der Waals surface area contributed by atoms with E-state index in [1.807, 2.05) is 12.1 Å². The molecule has 0 aliphatic carbocycles. The molecule has 0 N–H and O–H groups in total. The number of aryl methyl sites for hydroxylation is 1. The largest absolute Gasteiger partial charge is 0.374 e. The number of hydrogen-bond donors (Lipinski definition) is 0. The number of carbonyl (C=O) groups excluding carboxylic acids is 1. The number of ether oxygens (including phenoxy) is 2. The Morgan fingerprint density at radius 3 is 2.96 bits per heavy atom. The second-order valence-corrected chi connectivity index (χ2v) is 6.44. The third-order valence-corrected chi connectivity index (χ3v) is 4.32. The second-order valence-electron chi connectivity index (χ2n) is 6.44. The molecule has 5 heteroatoms. The summed E-state index contributed by atoms with van der Waals surface area (Å²) in [5.74, 6) is -0.0749. The lowest BCUT2D eigenvalue weighted by Gasteiger charge is -2.33. The van der Waals surface area contributed by atoms with E-state index in [0.717, 1.165) is 5.56 Å². The number of rotatable bonds is 5. The van der Waals surface area contributed by atoms with E-state index < -0.39 is 0 Å². The van der Waals surface area contributed by atoms with Gasteiger partial charge >= 0.3 is 0 Å². The fraction of sp³-hybridized carbons (Fsp3) is 0.333. The minimum Gasteiger partial charge on any atom is -0.374 e. The maximum absolute atomic E-state index is 12.7. The van der Waals surface area contributed by atoms with Crippen LogP contribution in [0.3, 0.4) is 0 Å². The fourth-order valence-corrected chi connectivity index (χ4v) is 3.02. The van der Waals surface area contributed by atoms with E-state index in [1.165, 1.54) is 5.56 Å². The van der Waals surface area contributed by atoms with Crippen molar-refractivity contribution in [3.05, 3.63) is 70.8 Å². The molecule has 2 aromatic carbocycles. The summed E-state index contributed by atoms with van der Waals surface area (Å²) in [5.41, 5.74) is 3.35. The van der Waals surface area contributed by atoms with Crippen molar-refractivity contribution in [2.75, 3.05) is 26.3 Å². The van der Waals surface area contributed by atoms with E-state index in [1.54, 1.807) is 29.2 Å². The smallest absolute Gasteiger partial charge is 0.254 e. The van der Waals surface area contributed by atoms with E-state index in [4.69, 9.17) is 14.7 Å². The average Bonchev–Trinajstić information content (AvgIpc) is 2.68. The van der Waals surface area contributed by atoms with Gasteiger partial charge in [0.15, 0.2) is 0 Å². The number of morpholine rings is 1. The van der Waals surface area contributed by atoms with Crippen molar-refractivity contribution in [3.63, 3.8) is 0 Å². The molecule has 3 rings (SSSR count). The van der Waals surface area contributed by atoms with Crippen LogP contribution in [0.4, 0.5) is 0 Å². The minimum atomic E-state index is -0.142. The van der Waals surface area contributed by atoms with Crippen molar-refractivity contribution < 1.29 is 14.3 Å². The average molecular weight is 350 g/mol. The Balaban J connectivity index is 1.53. The molecule has 1 unspecified atom stereocenters. The Labute approximate surface area is 153 Å². The van der Waals surface area contributed by atoms with Gasteiger partial charge in [-0.15, -0.1) is 0 Å². The summed E-state index contributed by atoms with van der Waals surface area (Å²) in [5, 5.41) is 8.99. The molecule has 0 radical (unpaired) electrons. The Morgan fingerprint density at radius 1 is 1.31 bits per heavy atom. The number of nitrogens with zero attached hydrogens (tertiary/aromatic N) is 2. The molecule has 1 aliphatic heterocycles. The van der Waals surface area contributed by atoms with Gasteiger partial charge < -0.3 is 14.4 Å². The zero-order valence-corrected chi connectivity index (χ0v) is 14.9. The first-order valence-corrected chi connectivity index (χ1v) is 8.70. The van der Waals surface area contributed by atoms with Crippen molar-refractivity contribution in [1.82, 2.24) is 4.90 Å². The maximum atomic E-state index is 12.7. The monoisotopic (exact) mass is 350 g/mol. The third kappa shape index (κ3) is 4.69. The summed E-state index contributed by atoms with van der Waals surface area (Å²) in [6.07, 6.45) is -0.142. The van der Waals surface area contributed by atoms with Crippen molar-refractivity contribution in [1.29, 1.82) is 5.26 Å². The van der Waals surface area contributed by atoms with Gasteiger partial charge in [-0.3, -0.25) is 4.79 Å². The van der Waals surface area contributed by atoms with Gasteiger partial charge in [-0.05, 0) is 30.7 Å². The lowest BCUT2D eigenvalue weighted by molar-refractivity contribution is -0.0647. The highest BCUT2D eigenvalue weighted by atomic mass is 16.5. The summed E-state index contributed by atoms with van der Waals surface area (Å²) < 4.78 is 11.5. The van der Waals surface area contributed by atoms with Crippen molar-refractivity contribution in [3.8, 4) is 6.07 Å². The van der Waals surface area contributed by atoms with Crippen molar-refractivity contribution in [2.45, 2.75) is 19.6 Å². The van der Waals surface area contributed by atoms with Gasteiger partial charge in [-0.2, -0.15) is 5.26 Å². The predicted octanol–water partition coefficient (Wildman–Crippen LogP) is 2.92. The van der Waals surface area contributed by atoms with Crippen LogP contribution in [0.15, 0.2) is 48.5 Å². The highest BCUT2D eigenvalue weighted by Crippen LogP contribution is 2.13. The Hall–Kier alpha value is -2.68. The van der Waals surface area contributed by atoms with E-state index in [-0.39, 0.29) is 12.0 Å². The molecule has 1 saturated heterocycles. The summed E-state index contributed by atoms with van der Waals surface area (Å²) in [4.78, 5) is 14.4. The van der Waals surface area contributed by atoms with Gasteiger partial charge in [0.2, 0.25) is 0 Å². The van der Waals surface area contributed by atoms with Crippen LogP contribution in [0.1, 0.15) is 27.0 Å². The first-order valence-electron chi connectivity index (χ1n) is 8.70. The highest BCUT2D eigenvalue weighted by molar-refractivity contribution is 5.94. The van der Waals surface area contributed by atoms with Crippen LogP contribution in [0.2, 0.25) is 0 Å². The molecular weight excluding hydrogens is 328 g/mol. The Morgan fingerprint density at radius 2 is 2.15 bits per heavy atom. The molecule has 0 saturated carbocycles. The lowest BCUT2D eigenvalue weighted by atomic mass is 10.1. The number of nitriles is 1. The standard InChI is InChI=1S/C21H22N2O3/c1-16-4-2-6-18(10-16)14-25-15-20-13-23(8-9-26-20)21(24)19-7-3-5-17(11-19)12-22/h2-7,10-11,20H,8-9,13-15H2,1H3. The van der Waals surface area contributed by atoms with Crippen LogP contribution in [0.5, 0.6) is 0 Å². The van der Waals surface area contributed by atoms with Crippen LogP contribution in [0.25, 0.3) is 0 Å². The molecule has 1 aliphatic rings. The molecule has 1 fully saturated rings. The highest BCUT2D eigenvalue weighted by Gasteiger charge is 2.25. The van der Waals surface area contributed by atoms with Gasteiger partial charge in [0, 0.05) is 18.7 Å². The molecule has 1 amide bonds. The van der Waals surface area contributed by atoms with Crippen molar-refractivity contribution >= 4 is 5.91 Å². The third-order valence-electron chi connectivity index (χ3n) is 4.32. The Kier molecular flexibility index (Phi) is 6.00. The minimum absolute atomic E-state index is 0.0749. The van der Waals surface area contributed by atoms with Crippen LogP contribution >= 0.6 is 0 Å². The van der Waals surface area contributed by atoms with Gasteiger partial charge in [-0.25, -0.2) is 0 Å². The summed E-state index contributed by atoms with van der Waals surface area (Å²) >= 11 is 0. The molecule has 0 spiro atoms. The molecule has 1 atom stereocenters. The number of amides is 1. The molecule has 134 valence electrons. The molecule has 0 bridgehead atoms. The zero-order chi connectivity index (χ0) is 18.4. The topological polar surface area (TPSA) is 62.6 Å². The van der Waals surface area contributed by atoms with Gasteiger partial charge in [0.05, 0.1) is 37.6 Å². The summed E-state index contributed by atoms with van der Waals surface area (Å²) in [7, 11) is 0. The summed E-state index contributed by atoms with van der Waals surface area (Å²) in [6, 6.07) is 17.1. The van der Waals surface area contributed by atoms with Gasteiger partial charge in [0.25, 0.3) is 5.91 Å². The normalized spacial score (nSPS) is 16.9. The van der Waals surface area contributed by atoms with E-state index in [0.29, 0.717) is 44.0 Å². The first kappa shape index (κ1) is 18.1. The zero-order valence-electron chi connectivity index (χ0n) is 14.9. The molecule has 2 aromatic rings. The lowest BCUT2D eigenvalue weighted by Crippen LogP contribution is -2.47. The van der Waals surface area contributed by atoms with Crippen LogP contribution < -0.4 is 0 Å². The van der Waals surface area contributed by atoms with E-state index in [2.05, 4.69) is 25.1 Å². The van der Waals surface area contributed by atoms with Crippen LogP contribution in [-0.2, 0) is 16.1 Å². The molecule has 1 heterocycles. The number of benzene rings is 2. The molecule has 5 nitrogen and oxygen atoms in total. The molecular formula is C21H22N2O3. The first-order chi connectivity index (χ1) is 12.7. The predicted molar refractivity (Wildman–Crippen MR) is 97.6 cm³/mol. The van der Waals surface area contributed by atoms with E-state index in [9.17, 15) is 4.79 Å². The Bertz CT molecular complexity index is 813. The van der Waals surface area contributed by atoms with Crippen LogP contribution in [0, 0.1) is 18.3 Å². The molecule has 0 aromatic heterocycles. The summed E-state index contributed by atoms with van der Waals surface area (Å²) in [6.45, 7) is 4.55. The number of carbonyl (C=O) groups is 1. The second kappa shape index (κ2) is 8.61. The van der Waals surface area contributed by atoms with Gasteiger partial charge in [-0.1, -0.05) is 35.9 Å². The fourth-order valence-electron chi connectivity index (χ4n) is 3.02. The van der Waals surface area contributed by atoms with Crippen molar-refractivity contribution in [2.24, 2.45) is 0 Å². The SMILES string of the molecule is Cc1cccc(COCC2CN(C(=O)c3cccc(C#N)c3)CCO2)c1. The van der Waals surface area contributed by atoms with Crippen LogP contribution in [-0.4, -0.2) is 43.2 Å². The quantitative estimate of drug-likeness (QED) is 0.832.